The Morgan fingerprint density at radius 3 is 2.76 bits per heavy atom. The first kappa shape index (κ1) is 25.3. The van der Waals surface area contributed by atoms with Crippen LogP contribution in [0.25, 0.3) is 10.2 Å². The largest absolute Gasteiger partial charge is 0.316 e. The number of non-ortho nitro benzene ring substituents is 1. The van der Waals surface area contributed by atoms with Crippen molar-refractivity contribution in [1.82, 2.24) is 8.87 Å². The molecule has 0 radical (unpaired) electrons. The van der Waals surface area contributed by atoms with Gasteiger partial charge in [-0.3, -0.25) is 14.9 Å². The van der Waals surface area contributed by atoms with Gasteiger partial charge in [-0.15, -0.1) is 11.3 Å². The van der Waals surface area contributed by atoms with Gasteiger partial charge in [-0.2, -0.15) is 21.1 Å². The molecule has 1 atom stereocenters. The van der Waals surface area contributed by atoms with Gasteiger partial charge in [0.2, 0.25) is 0 Å². The van der Waals surface area contributed by atoms with Crippen molar-refractivity contribution in [2.45, 2.75) is 36.1 Å². The minimum absolute atomic E-state index is 0.0391. The molecule has 1 saturated heterocycles. The molecular formula is C20H21ClN4O5S4. The number of sulfonamides is 1. The number of piperidine rings is 1. The Labute approximate surface area is 213 Å². The Morgan fingerprint density at radius 2 is 2.09 bits per heavy atom. The molecule has 182 valence electrons. The van der Waals surface area contributed by atoms with Crippen molar-refractivity contribution < 1.29 is 18.1 Å². The average molecular weight is 561 g/mol. The van der Waals surface area contributed by atoms with Crippen molar-refractivity contribution in [1.29, 1.82) is 0 Å². The molecule has 14 heteroatoms. The first-order chi connectivity index (χ1) is 16.2. The molecule has 1 aliphatic rings. The van der Waals surface area contributed by atoms with E-state index in [-0.39, 0.29) is 16.4 Å². The Morgan fingerprint density at radius 1 is 1.29 bits per heavy atom. The first-order valence-electron chi connectivity index (χ1n) is 10.3. The number of fused-ring (bicyclic) bond motifs is 1. The number of halogens is 1. The highest BCUT2D eigenvalue weighted by Gasteiger charge is 2.38. The van der Waals surface area contributed by atoms with Gasteiger partial charge in [0.15, 0.2) is 4.80 Å². The zero-order valence-electron chi connectivity index (χ0n) is 18.0. The number of carbonyl (C=O) groups excluding carboxylic acids is 1. The summed E-state index contributed by atoms with van der Waals surface area (Å²) in [5.74, 6) is 0.220. The number of hydrogen-bond acceptors (Lipinski definition) is 8. The number of hydrogen-bond donors (Lipinski definition) is 0. The minimum atomic E-state index is -3.89. The van der Waals surface area contributed by atoms with Gasteiger partial charge < -0.3 is 4.57 Å². The van der Waals surface area contributed by atoms with E-state index in [2.05, 4.69) is 4.99 Å². The zero-order valence-corrected chi connectivity index (χ0v) is 22.1. The van der Waals surface area contributed by atoms with E-state index in [4.69, 9.17) is 11.6 Å². The van der Waals surface area contributed by atoms with Crippen LogP contribution in [0, 0.1) is 10.1 Å². The third kappa shape index (κ3) is 5.09. The fraction of sp³-hybridized carbons (Fsp3) is 0.400. The summed E-state index contributed by atoms with van der Waals surface area (Å²) in [5.41, 5.74) is 0.709. The quantitative estimate of drug-likeness (QED) is 0.313. The number of thiophene rings is 1. The van der Waals surface area contributed by atoms with Crippen LogP contribution >= 0.6 is 46.0 Å². The van der Waals surface area contributed by atoms with Crippen LogP contribution in [-0.2, 0) is 21.4 Å². The molecule has 0 bridgehead atoms. The molecule has 0 N–H and O–H groups in total. The highest BCUT2D eigenvalue weighted by molar-refractivity contribution is 7.98. The van der Waals surface area contributed by atoms with E-state index < -0.39 is 26.9 Å². The molecule has 3 aromatic rings. The molecule has 1 fully saturated rings. The number of thioether (sulfide) groups is 1. The molecule has 4 rings (SSSR count). The number of thiazole rings is 1. The maximum Gasteiger partial charge on any atom is 0.270 e. The summed E-state index contributed by atoms with van der Waals surface area (Å²) in [6, 6.07) is 6.62. The Bertz CT molecular complexity index is 1410. The fourth-order valence-electron chi connectivity index (χ4n) is 3.82. The number of nitro groups is 1. The number of aromatic nitrogens is 1. The topological polar surface area (TPSA) is 115 Å². The third-order valence-electron chi connectivity index (χ3n) is 5.45. The molecule has 34 heavy (non-hydrogen) atoms. The Balaban J connectivity index is 1.75. The second kappa shape index (κ2) is 10.5. The summed E-state index contributed by atoms with van der Waals surface area (Å²) in [6.45, 7) is 0.792. The number of benzene rings is 1. The van der Waals surface area contributed by atoms with Crippen molar-refractivity contribution in [3.05, 3.63) is 49.6 Å². The van der Waals surface area contributed by atoms with Crippen LogP contribution in [0.4, 0.5) is 5.69 Å². The number of rotatable bonds is 7. The minimum Gasteiger partial charge on any atom is -0.316 e. The molecular weight excluding hydrogens is 540 g/mol. The monoisotopic (exact) mass is 560 g/mol. The first-order valence-corrected chi connectivity index (χ1v) is 15.2. The molecule has 0 saturated carbocycles. The second-order valence-corrected chi connectivity index (χ2v) is 13.4. The predicted octanol–water partition coefficient (Wildman–Crippen LogP) is 4.36. The van der Waals surface area contributed by atoms with E-state index in [1.807, 2.05) is 10.8 Å². The molecule has 1 amide bonds. The standard InChI is InChI=1S/C20H21ClN4O5S4/c1-31-11-10-23-14-6-5-13(25(27)28)12-16(14)32-20(23)22-19(26)15-4-2-3-9-24(15)34(29,30)18-8-7-17(21)33-18/h5-8,12,15H,2-4,9-11H2,1H3. The lowest BCUT2D eigenvalue weighted by Gasteiger charge is -2.31. The molecule has 1 aromatic carbocycles. The number of carbonyl (C=O) groups is 1. The van der Waals surface area contributed by atoms with Crippen LogP contribution in [0.2, 0.25) is 4.34 Å². The van der Waals surface area contributed by atoms with Crippen molar-refractivity contribution in [3.8, 4) is 0 Å². The lowest BCUT2D eigenvalue weighted by molar-refractivity contribution is -0.384. The average Bonchev–Trinajstić information content (AvgIpc) is 3.40. The van der Waals surface area contributed by atoms with Crippen molar-refractivity contribution >= 4 is 77.9 Å². The van der Waals surface area contributed by atoms with E-state index in [9.17, 15) is 23.3 Å². The number of nitro benzene ring substituents is 1. The van der Waals surface area contributed by atoms with Crippen LogP contribution in [0.3, 0.4) is 0 Å². The smallest absolute Gasteiger partial charge is 0.270 e. The van der Waals surface area contributed by atoms with Gasteiger partial charge >= 0.3 is 0 Å². The van der Waals surface area contributed by atoms with Crippen LogP contribution < -0.4 is 4.80 Å². The van der Waals surface area contributed by atoms with Gasteiger partial charge in [-0.25, -0.2) is 8.42 Å². The lowest BCUT2D eigenvalue weighted by atomic mass is 10.0. The van der Waals surface area contributed by atoms with Gasteiger partial charge in [0.25, 0.3) is 21.6 Å². The summed E-state index contributed by atoms with van der Waals surface area (Å²) < 4.78 is 30.7. The van der Waals surface area contributed by atoms with Gasteiger partial charge in [0, 0.05) is 31.0 Å². The normalized spacial score (nSPS) is 17.9. The molecule has 0 aliphatic carbocycles. The SMILES string of the molecule is CSCCn1c(=NC(=O)C2CCCCN2S(=O)(=O)c2ccc(Cl)s2)sc2cc([N+](=O)[O-])ccc21. The molecule has 2 aromatic heterocycles. The molecule has 3 heterocycles. The number of amides is 1. The second-order valence-electron chi connectivity index (χ2n) is 7.57. The van der Waals surface area contributed by atoms with E-state index in [0.717, 1.165) is 22.6 Å². The van der Waals surface area contributed by atoms with Crippen LogP contribution in [-0.4, -0.2) is 52.7 Å². The maximum absolute atomic E-state index is 13.3. The van der Waals surface area contributed by atoms with E-state index in [1.54, 1.807) is 17.8 Å². The van der Waals surface area contributed by atoms with E-state index in [0.29, 0.717) is 39.6 Å². The van der Waals surface area contributed by atoms with Crippen molar-refractivity contribution in [2.24, 2.45) is 4.99 Å². The van der Waals surface area contributed by atoms with Crippen molar-refractivity contribution in [2.75, 3.05) is 18.6 Å². The highest BCUT2D eigenvalue weighted by atomic mass is 35.5. The number of aryl methyl sites for hydroxylation is 1. The third-order valence-corrected chi connectivity index (χ3v) is 10.7. The molecule has 9 nitrogen and oxygen atoms in total. The molecule has 1 unspecified atom stereocenters. The van der Waals surface area contributed by atoms with E-state index >= 15 is 0 Å². The van der Waals surface area contributed by atoms with Gasteiger partial charge in [0.1, 0.15) is 10.3 Å². The van der Waals surface area contributed by atoms with Crippen LogP contribution in [0.1, 0.15) is 19.3 Å². The van der Waals surface area contributed by atoms with Crippen LogP contribution in [0.15, 0.2) is 39.5 Å². The summed E-state index contributed by atoms with van der Waals surface area (Å²) >= 11 is 9.72. The van der Waals surface area contributed by atoms with Gasteiger partial charge in [0.05, 0.1) is 19.5 Å². The Hall–Kier alpha value is -1.77. The Kier molecular flexibility index (Phi) is 7.79. The fourth-order valence-corrected chi connectivity index (χ4v) is 8.54. The van der Waals surface area contributed by atoms with E-state index in [1.165, 1.54) is 39.9 Å². The van der Waals surface area contributed by atoms with Gasteiger partial charge in [-0.1, -0.05) is 29.4 Å². The maximum atomic E-state index is 13.3. The predicted molar refractivity (Wildman–Crippen MR) is 136 cm³/mol. The summed E-state index contributed by atoms with van der Waals surface area (Å²) in [4.78, 5) is 28.8. The highest BCUT2D eigenvalue weighted by Crippen LogP contribution is 2.32. The van der Waals surface area contributed by atoms with Gasteiger partial charge in [-0.05, 0) is 37.3 Å². The summed E-state index contributed by atoms with van der Waals surface area (Å²) in [7, 11) is -3.89. The van der Waals surface area contributed by atoms with Crippen molar-refractivity contribution in [3.63, 3.8) is 0 Å². The summed E-state index contributed by atoms with van der Waals surface area (Å²) in [5, 5.41) is 11.2. The molecule has 0 spiro atoms. The lowest BCUT2D eigenvalue weighted by Crippen LogP contribution is -2.47. The van der Waals surface area contributed by atoms with Crippen LogP contribution in [0.5, 0.6) is 0 Å². The number of nitrogens with zero attached hydrogens (tertiary/aromatic N) is 4. The summed E-state index contributed by atoms with van der Waals surface area (Å²) in [6.07, 6.45) is 3.71. The molecule has 1 aliphatic heterocycles. The zero-order chi connectivity index (χ0) is 24.5.